The minimum Gasteiger partial charge on any atom is -0.462 e. The summed E-state index contributed by atoms with van der Waals surface area (Å²) in [7, 11) is 0. The number of para-hydroxylation sites is 2. The number of nitrogens with one attached hydrogen (secondary N) is 1. The highest BCUT2D eigenvalue weighted by Crippen LogP contribution is 2.28. The van der Waals surface area contributed by atoms with E-state index in [0.29, 0.717) is 5.69 Å². The fraction of sp³-hybridized carbons (Fsp3) is 0.250. The Labute approximate surface area is 155 Å². The molecule has 0 spiro atoms. The van der Waals surface area contributed by atoms with Crippen LogP contribution in [-0.4, -0.2) is 30.9 Å². The fourth-order valence-electron chi connectivity index (χ4n) is 3.00. The van der Waals surface area contributed by atoms with Crippen LogP contribution in [0.1, 0.15) is 23.7 Å². The highest BCUT2D eigenvalue weighted by Gasteiger charge is 2.36. The van der Waals surface area contributed by atoms with Gasteiger partial charge in [0.25, 0.3) is 0 Å². The Balaban J connectivity index is 1.74. The molecular weight excluding hydrogens is 351 g/mol. The van der Waals surface area contributed by atoms with E-state index in [1.165, 1.54) is 23.1 Å². The molecule has 0 bridgehead atoms. The summed E-state index contributed by atoms with van der Waals surface area (Å²) in [4.78, 5) is 38.2. The van der Waals surface area contributed by atoms with Crippen LogP contribution in [0.4, 0.5) is 15.8 Å². The quantitative estimate of drug-likeness (QED) is 0.821. The van der Waals surface area contributed by atoms with Gasteiger partial charge in [-0.2, -0.15) is 0 Å². The lowest BCUT2D eigenvalue weighted by atomic mass is 10.1. The maximum Gasteiger partial charge on any atom is 0.340 e. The Hall–Kier alpha value is -3.22. The summed E-state index contributed by atoms with van der Waals surface area (Å²) in [6, 6.07) is 12.4. The Kier molecular flexibility index (Phi) is 5.49. The summed E-state index contributed by atoms with van der Waals surface area (Å²) in [5.74, 6) is -2.42. The molecule has 2 aromatic carbocycles. The van der Waals surface area contributed by atoms with Crippen LogP contribution >= 0.6 is 0 Å². The minimum absolute atomic E-state index is 0.0261. The average Bonchev–Trinajstić information content (AvgIpc) is 3.04. The number of amides is 2. The summed E-state index contributed by atoms with van der Waals surface area (Å²) in [6.45, 7) is 1.99. The predicted molar refractivity (Wildman–Crippen MR) is 97.9 cm³/mol. The second-order valence-electron chi connectivity index (χ2n) is 6.11. The average molecular weight is 370 g/mol. The number of carbonyl (C=O) groups excluding carboxylic acids is 3. The molecule has 7 heteroatoms. The predicted octanol–water partition coefficient (Wildman–Crippen LogP) is 2.99. The first kappa shape index (κ1) is 18.6. The van der Waals surface area contributed by atoms with Crippen LogP contribution in [0.5, 0.6) is 0 Å². The molecule has 27 heavy (non-hydrogen) atoms. The molecule has 1 N–H and O–H groups in total. The van der Waals surface area contributed by atoms with E-state index in [1.807, 2.05) is 0 Å². The van der Waals surface area contributed by atoms with E-state index in [4.69, 9.17) is 4.74 Å². The van der Waals surface area contributed by atoms with E-state index >= 15 is 0 Å². The van der Waals surface area contributed by atoms with Crippen molar-refractivity contribution in [2.45, 2.75) is 13.3 Å². The lowest BCUT2D eigenvalue weighted by Crippen LogP contribution is -2.29. The Morgan fingerprint density at radius 2 is 1.89 bits per heavy atom. The SMILES string of the molecule is CCOC(=O)c1ccccc1NC(=O)C1CC(=O)N(c2ccccc2F)C1. The van der Waals surface area contributed by atoms with E-state index in [-0.39, 0.29) is 36.7 Å². The zero-order chi connectivity index (χ0) is 19.4. The van der Waals surface area contributed by atoms with Crippen molar-refractivity contribution in [3.8, 4) is 0 Å². The van der Waals surface area contributed by atoms with Crippen LogP contribution in [0.25, 0.3) is 0 Å². The van der Waals surface area contributed by atoms with Gasteiger partial charge in [-0.15, -0.1) is 0 Å². The molecular formula is C20H19FN2O4. The number of rotatable bonds is 5. The Morgan fingerprint density at radius 1 is 1.19 bits per heavy atom. The van der Waals surface area contributed by atoms with E-state index in [1.54, 1.807) is 37.3 Å². The number of esters is 1. The largest absolute Gasteiger partial charge is 0.462 e. The Bertz CT molecular complexity index is 884. The first-order valence-corrected chi connectivity index (χ1v) is 8.63. The highest BCUT2D eigenvalue weighted by molar-refractivity contribution is 6.06. The summed E-state index contributed by atoms with van der Waals surface area (Å²) >= 11 is 0. The molecule has 0 aromatic heterocycles. The fourth-order valence-corrected chi connectivity index (χ4v) is 3.00. The number of nitrogens with zero attached hydrogens (tertiary/aromatic N) is 1. The highest BCUT2D eigenvalue weighted by atomic mass is 19.1. The molecule has 3 rings (SSSR count). The number of hydrogen-bond acceptors (Lipinski definition) is 4. The monoisotopic (exact) mass is 370 g/mol. The maximum absolute atomic E-state index is 14.0. The Morgan fingerprint density at radius 3 is 2.63 bits per heavy atom. The number of carbonyl (C=O) groups is 3. The lowest BCUT2D eigenvalue weighted by Gasteiger charge is -2.17. The van der Waals surface area contributed by atoms with Crippen LogP contribution in [0.3, 0.4) is 0 Å². The lowest BCUT2D eigenvalue weighted by molar-refractivity contribution is -0.122. The van der Waals surface area contributed by atoms with Crippen LogP contribution in [-0.2, 0) is 14.3 Å². The molecule has 140 valence electrons. The molecule has 1 unspecified atom stereocenters. The molecule has 2 amide bonds. The van der Waals surface area contributed by atoms with E-state index in [9.17, 15) is 18.8 Å². The van der Waals surface area contributed by atoms with Gasteiger partial charge in [0.2, 0.25) is 11.8 Å². The van der Waals surface area contributed by atoms with Crippen molar-refractivity contribution < 1.29 is 23.5 Å². The molecule has 6 nitrogen and oxygen atoms in total. The number of halogens is 1. The van der Waals surface area contributed by atoms with Crippen LogP contribution in [0, 0.1) is 11.7 Å². The number of ether oxygens (including phenoxy) is 1. The third-order valence-corrected chi connectivity index (χ3v) is 4.32. The van der Waals surface area contributed by atoms with Crippen molar-refractivity contribution in [1.29, 1.82) is 0 Å². The zero-order valence-corrected chi connectivity index (χ0v) is 14.8. The summed E-state index contributed by atoms with van der Waals surface area (Å²) in [6.07, 6.45) is -0.0261. The van der Waals surface area contributed by atoms with Gasteiger partial charge in [-0.1, -0.05) is 24.3 Å². The molecule has 1 fully saturated rings. The van der Waals surface area contributed by atoms with Crippen LogP contribution in [0.15, 0.2) is 48.5 Å². The van der Waals surface area contributed by atoms with E-state index in [0.717, 1.165) is 0 Å². The first-order chi connectivity index (χ1) is 13.0. The van der Waals surface area contributed by atoms with Crippen molar-refractivity contribution in [3.05, 3.63) is 59.9 Å². The molecule has 2 aromatic rings. The number of anilines is 2. The van der Waals surface area contributed by atoms with Crippen molar-refractivity contribution >= 4 is 29.2 Å². The van der Waals surface area contributed by atoms with Gasteiger partial charge in [0, 0.05) is 13.0 Å². The third kappa shape index (κ3) is 3.97. The molecule has 0 radical (unpaired) electrons. The second-order valence-corrected chi connectivity index (χ2v) is 6.11. The summed E-state index contributed by atoms with van der Waals surface area (Å²) < 4.78 is 18.9. The standard InChI is InChI=1S/C20H19FN2O4/c1-2-27-20(26)14-7-3-5-9-16(14)22-19(25)13-11-18(24)23(12-13)17-10-6-4-8-15(17)21/h3-10,13H,2,11-12H2,1H3,(H,22,25). The summed E-state index contributed by atoms with van der Waals surface area (Å²) in [5, 5.41) is 2.69. The van der Waals surface area contributed by atoms with Gasteiger partial charge >= 0.3 is 5.97 Å². The number of hydrogen-bond donors (Lipinski definition) is 1. The molecule has 1 saturated heterocycles. The van der Waals surface area contributed by atoms with E-state index in [2.05, 4.69) is 5.32 Å². The van der Waals surface area contributed by atoms with Gasteiger partial charge in [0.1, 0.15) is 5.82 Å². The van der Waals surface area contributed by atoms with Crippen LogP contribution in [0.2, 0.25) is 0 Å². The van der Waals surface area contributed by atoms with Crippen LogP contribution < -0.4 is 10.2 Å². The van der Waals surface area contributed by atoms with Gasteiger partial charge in [-0.05, 0) is 31.2 Å². The summed E-state index contributed by atoms with van der Waals surface area (Å²) in [5.41, 5.74) is 0.713. The van der Waals surface area contributed by atoms with E-state index < -0.39 is 23.6 Å². The minimum atomic E-state index is -0.646. The first-order valence-electron chi connectivity index (χ1n) is 8.63. The normalized spacial score (nSPS) is 16.3. The molecule has 1 atom stereocenters. The third-order valence-electron chi connectivity index (χ3n) is 4.32. The van der Waals surface area contributed by atoms with Crippen molar-refractivity contribution in [3.63, 3.8) is 0 Å². The van der Waals surface area contributed by atoms with Gasteiger partial charge < -0.3 is 15.0 Å². The van der Waals surface area contributed by atoms with Gasteiger partial charge in [-0.25, -0.2) is 9.18 Å². The van der Waals surface area contributed by atoms with Crippen molar-refractivity contribution in [2.75, 3.05) is 23.4 Å². The molecule has 0 aliphatic carbocycles. The molecule has 1 heterocycles. The maximum atomic E-state index is 14.0. The van der Waals surface area contributed by atoms with Crippen molar-refractivity contribution in [1.82, 2.24) is 0 Å². The molecule has 0 saturated carbocycles. The molecule has 1 aliphatic rings. The smallest absolute Gasteiger partial charge is 0.340 e. The molecule has 1 aliphatic heterocycles. The van der Waals surface area contributed by atoms with Gasteiger partial charge in [-0.3, -0.25) is 9.59 Å². The second kappa shape index (κ2) is 7.99. The topological polar surface area (TPSA) is 75.7 Å². The number of benzene rings is 2. The van der Waals surface area contributed by atoms with Crippen molar-refractivity contribution in [2.24, 2.45) is 5.92 Å². The zero-order valence-electron chi connectivity index (χ0n) is 14.8. The van der Waals surface area contributed by atoms with Gasteiger partial charge in [0.15, 0.2) is 0 Å². The van der Waals surface area contributed by atoms with Gasteiger partial charge in [0.05, 0.1) is 29.5 Å².